The molecule has 5 saturated heterocycles. The average Bonchev–Trinajstić information content (AvgIpc) is 3.91. The molecule has 1 amide bonds. The summed E-state index contributed by atoms with van der Waals surface area (Å²) in [6.45, 7) is 9.11. The van der Waals surface area contributed by atoms with Crippen molar-refractivity contribution in [1.29, 1.82) is 0 Å². The third-order valence-corrected chi connectivity index (χ3v) is 11.9. The fourth-order valence-electron chi connectivity index (χ4n) is 9.55. The quantitative estimate of drug-likeness (QED) is 0.175. The molecule has 3 unspecified atom stereocenters. The average molecular weight is 783 g/mol. The van der Waals surface area contributed by atoms with Crippen molar-refractivity contribution >= 4 is 33.7 Å². The van der Waals surface area contributed by atoms with Gasteiger partial charge in [-0.1, -0.05) is 0 Å². The van der Waals surface area contributed by atoms with Crippen molar-refractivity contribution in [2.24, 2.45) is 0 Å². The molecular formula is C39H46F4N8O5. The van der Waals surface area contributed by atoms with Gasteiger partial charge in [-0.15, -0.1) is 13.2 Å². The molecule has 5 aliphatic rings. The first kappa shape index (κ1) is 37.1. The van der Waals surface area contributed by atoms with E-state index >= 15 is 4.39 Å². The number of rotatable bonds is 7. The number of aromatic nitrogens is 5. The SMILES string of the molecule is CC(C)(C)OC(=O)N1C2CCC1CN(c1nc(OCC34CCCN3CCC4)nc3c(F)c(-c4c(OC(F)(F)F)ccc5c4cnn5C4CCCCO4)ncc13)C2. The standard InChI is InChI=1S/C39H46F4N8O5/c1-37(2,3)56-36(52)50-23-9-10-24(50)21-48(20-23)34-26-18-44-33(31(40)32(26)46-35(47-34)54-22-38-13-6-15-49(38)16-7-14-38)30-25-19-45-51(29-8-4-5-17-53-29)27(25)11-12-28(30)55-39(41,42)43/h11-12,18-19,23-24,29H,4-10,13-17,20-22H2,1-3H3. The summed E-state index contributed by atoms with van der Waals surface area (Å²) in [4.78, 5) is 33.5. The number of alkyl halides is 3. The van der Waals surface area contributed by atoms with E-state index in [2.05, 4.69) is 24.7 Å². The first-order valence-electron chi connectivity index (χ1n) is 19.7. The van der Waals surface area contributed by atoms with E-state index in [1.807, 2.05) is 25.7 Å². The number of carbonyl (C=O) groups is 1. The minimum atomic E-state index is -5.07. The van der Waals surface area contributed by atoms with E-state index in [1.165, 1.54) is 18.5 Å². The molecule has 3 aromatic heterocycles. The normalized spacial score (nSPS) is 23.9. The Balaban J connectivity index is 1.15. The Morgan fingerprint density at radius 3 is 2.39 bits per heavy atom. The molecular weight excluding hydrogens is 736 g/mol. The summed E-state index contributed by atoms with van der Waals surface area (Å²) in [5.41, 5.74) is -1.10. The zero-order valence-electron chi connectivity index (χ0n) is 31.8. The Morgan fingerprint density at radius 1 is 0.964 bits per heavy atom. The fraction of sp³-hybridized carbons (Fsp3) is 0.615. The molecule has 13 nitrogen and oxygen atoms in total. The largest absolute Gasteiger partial charge is 0.573 e. The summed E-state index contributed by atoms with van der Waals surface area (Å²) in [5, 5.41) is 4.96. The molecule has 0 radical (unpaired) electrons. The van der Waals surface area contributed by atoms with Gasteiger partial charge in [-0.2, -0.15) is 15.1 Å². The Hall–Kier alpha value is -4.51. The number of hydrogen-bond donors (Lipinski definition) is 0. The van der Waals surface area contributed by atoms with E-state index in [4.69, 9.17) is 19.2 Å². The monoisotopic (exact) mass is 782 g/mol. The van der Waals surface area contributed by atoms with Gasteiger partial charge in [-0.05, 0) is 104 Å². The molecule has 4 aromatic rings. The summed E-state index contributed by atoms with van der Waals surface area (Å²) < 4.78 is 83.1. The van der Waals surface area contributed by atoms with E-state index in [1.54, 1.807) is 9.58 Å². The van der Waals surface area contributed by atoms with Crippen LogP contribution in [-0.4, -0.2) is 110 Å². The summed E-state index contributed by atoms with van der Waals surface area (Å²) in [6.07, 6.45) is 4.96. The number of hydrogen-bond acceptors (Lipinski definition) is 11. The van der Waals surface area contributed by atoms with Crippen LogP contribution < -0.4 is 14.4 Å². The Kier molecular flexibility index (Phi) is 9.17. The lowest BCUT2D eigenvalue weighted by molar-refractivity contribution is -0.274. The highest BCUT2D eigenvalue weighted by atomic mass is 19.4. The van der Waals surface area contributed by atoms with Gasteiger partial charge < -0.3 is 23.8 Å². The molecule has 0 saturated carbocycles. The number of pyridine rings is 1. The zero-order valence-corrected chi connectivity index (χ0v) is 31.8. The highest BCUT2D eigenvalue weighted by Crippen LogP contribution is 2.44. The van der Waals surface area contributed by atoms with Crippen molar-refractivity contribution in [3.8, 4) is 23.0 Å². The molecule has 1 aromatic carbocycles. The van der Waals surface area contributed by atoms with Crippen LogP contribution in [0.25, 0.3) is 33.1 Å². The fourth-order valence-corrected chi connectivity index (χ4v) is 9.55. The van der Waals surface area contributed by atoms with Crippen LogP contribution in [0, 0.1) is 5.82 Å². The number of ether oxygens (including phenoxy) is 4. The molecule has 3 atom stereocenters. The van der Waals surface area contributed by atoms with Crippen molar-refractivity contribution in [2.75, 3.05) is 44.3 Å². The van der Waals surface area contributed by atoms with Crippen LogP contribution in [0.3, 0.4) is 0 Å². The Bertz CT molecular complexity index is 2130. The first-order chi connectivity index (χ1) is 26.8. The maximum Gasteiger partial charge on any atom is 0.573 e. The minimum absolute atomic E-state index is 0.0363. The number of anilines is 1. The lowest BCUT2D eigenvalue weighted by Crippen LogP contribution is -2.57. The highest BCUT2D eigenvalue weighted by Gasteiger charge is 2.47. The second-order valence-corrected chi connectivity index (χ2v) is 16.7. The van der Waals surface area contributed by atoms with Crippen LogP contribution in [0.2, 0.25) is 0 Å². The van der Waals surface area contributed by atoms with E-state index < -0.39 is 29.8 Å². The molecule has 0 aliphatic carbocycles. The van der Waals surface area contributed by atoms with Crippen LogP contribution in [0.5, 0.6) is 11.8 Å². The first-order valence-corrected chi connectivity index (χ1v) is 19.7. The predicted octanol–water partition coefficient (Wildman–Crippen LogP) is 7.37. The van der Waals surface area contributed by atoms with Crippen molar-refractivity contribution in [3.05, 3.63) is 30.3 Å². The number of benzene rings is 1. The summed E-state index contributed by atoms with van der Waals surface area (Å²) >= 11 is 0. The van der Waals surface area contributed by atoms with Gasteiger partial charge >= 0.3 is 18.5 Å². The lowest BCUT2D eigenvalue weighted by Gasteiger charge is -2.42. The van der Waals surface area contributed by atoms with Crippen molar-refractivity contribution in [2.45, 2.75) is 114 Å². The third kappa shape index (κ3) is 6.73. The van der Waals surface area contributed by atoms with Crippen LogP contribution in [0.4, 0.5) is 28.2 Å². The predicted molar refractivity (Wildman–Crippen MR) is 197 cm³/mol. The minimum Gasteiger partial charge on any atom is -0.461 e. The smallest absolute Gasteiger partial charge is 0.461 e. The zero-order chi connectivity index (χ0) is 39.0. The van der Waals surface area contributed by atoms with Crippen LogP contribution in [0.1, 0.15) is 84.8 Å². The summed E-state index contributed by atoms with van der Waals surface area (Å²) in [7, 11) is 0. The van der Waals surface area contributed by atoms with Gasteiger partial charge in [0.1, 0.15) is 35.0 Å². The molecule has 17 heteroatoms. The lowest BCUT2D eigenvalue weighted by atomic mass is 9.95. The molecule has 9 rings (SSSR count). The van der Waals surface area contributed by atoms with Gasteiger partial charge in [0.2, 0.25) is 0 Å². The number of amides is 1. The van der Waals surface area contributed by atoms with Crippen LogP contribution >= 0.6 is 0 Å². The van der Waals surface area contributed by atoms with E-state index in [0.29, 0.717) is 44.1 Å². The second kappa shape index (κ2) is 13.9. The summed E-state index contributed by atoms with van der Waals surface area (Å²) in [5.74, 6) is -1.20. The number of halogens is 4. The molecule has 8 heterocycles. The van der Waals surface area contributed by atoms with Crippen molar-refractivity contribution in [3.63, 3.8) is 0 Å². The molecule has 0 spiro atoms. The maximum atomic E-state index is 17.3. The Morgan fingerprint density at radius 2 is 1.71 bits per heavy atom. The summed E-state index contributed by atoms with van der Waals surface area (Å²) in [6, 6.07) is 2.24. The molecule has 5 fully saturated rings. The van der Waals surface area contributed by atoms with Crippen molar-refractivity contribution in [1.82, 2.24) is 34.5 Å². The number of fused-ring (bicyclic) bond motifs is 5. The number of piperazine rings is 1. The van der Waals surface area contributed by atoms with Gasteiger partial charge in [0, 0.05) is 31.3 Å². The topological polar surface area (TPSA) is 120 Å². The van der Waals surface area contributed by atoms with Crippen molar-refractivity contribution < 1.29 is 41.3 Å². The molecule has 0 N–H and O–H groups in total. The molecule has 300 valence electrons. The third-order valence-electron chi connectivity index (χ3n) is 11.9. The Labute approximate surface area is 321 Å². The molecule has 2 bridgehead atoms. The van der Waals surface area contributed by atoms with Crippen LogP contribution in [-0.2, 0) is 9.47 Å². The van der Waals surface area contributed by atoms with E-state index in [9.17, 15) is 18.0 Å². The maximum absolute atomic E-state index is 17.3. The van der Waals surface area contributed by atoms with E-state index in [0.717, 1.165) is 70.5 Å². The van der Waals surface area contributed by atoms with E-state index in [-0.39, 0.29) is 57.3 Å². The van der Waals surface area contributed by atoms with Gasteiger partial charge in [0.15, 0.2) is 12.0 Å². The second-order valence-electron chi connectivity index (χ2n) is 16.7. The van der Waals surface area contributed by atoms with Crippen LogP contribution in [0.15, 0.2) is 24.5 Å². The molecule has 56 heavy (non-hydrogen) atoms. The molecule has 5 aliphatic heterocycles. The number of carbonyl (C=O) groups excluding carboxylic acids is 1. The van der Waals surface area contributed by atoms with Gasteiger partial charge in [0.25, 0.3) is 0 Å². The van der Waals surface area contributed by atoms with Gasteiger partial charge in [-0.25, -0.2) is 13.9 Å². The highest BCUT2D eigenvalue weighted by molar-refractivity contribution is 6.00. The number of nitrogens with zero attached hydrogens (tertiary/aromatic N) is 8. The van der Waals surface area contributed by atoms with Gasteiger partial charge in [-0.3, -0.25) is 14.8 Å². The van der Waals surface area contributed by atoms with Gasteiger partial charge in [0.05, 0.1) is 40.3 Å².